The van der Waals surface area contributed by atoms with Crippen molar-refractivity contribution in [3.63, 3.8) is 0 Å². The van der Waals surface area contributed by atoms with E-state index < -0.39 is 0 Å². The second-order valence-electron chi connectivity index (χ2n) is 7.00. The number of rotatable bonds is 8. The van der Waals surface area contributed by atoms with Crippen molar-refractivity contribution in [3.8, 4) is 0 Å². The molecule has 0 saturated heterocycles. The number of thiophene rings is 1. The van der Waals surface area contributed by atoms with Crippen LogP contribution in [-0.4, -0.2) is 47.0 Å². The predicted octanol–water partition coefficient (Wildman–Crippen LogP) is 4.53. The largest absolute Gasteiger partial charge is 0.466 e. The van der Waals surface area contributed by atoms with Gasteiger partial charge in [-0.05, 0) is 47.6 Å². The molecule has 0 aromatic carbocycles. The highest BCUT2D eigenvalue weighted by molar-refractivity contribution is 8.16. The second-order valence-corrected chi connectivity index (χ2v) is 8.62. The van der Waals surface area contributed by atoms with Gasteiger partial charge in [0.15, 0.2) is 5.17 Å². The standard InChI is InChI=1S/C21H27N3O3S2/c1-5-8-23(9-6-2)17(25)11-16-13-29-21-22-14(3)18(20(26)27-4)19(24(16)21)15-7-10-28-12-15/h7,10,12-13,19H,5-6,8-9,11H2,1-4H3. The zero-order chi connectivity index (χ0) is 21.0. The van der Waals surface area contributed by atoms with Crippen molar-refractivity contribution in [1.29, 1.82) is 0 Å². The Kier molecular flexibility index (Phi) is 7.18. The smallest absolute Gasteiger partial charge is 0.338 e. The van der Waals surface area contributed by atoms with Gasteiger partial charge in [-0.15, -0.1) is 0 Å². The number of carbonyl (C=O) groups excluding carboxylic acids is 2. The van der Waals surface area contributed by atoms with Crippen LogP contribution in [0, 0.1) is 0 Å². The Balaban J connectivity index is 1.93. The van der Waals surface area contributed by atoms with Gasteiger partial charge in [-0.1, -0.05) is 25.6 Å². The zero-order valence-corrected chi connectivity index (χ0v) is 18.9. The Morgan fingerprint density at radius 2 is 2.00 bits per heavy atom. The number of methoxy groups -OCH3 is 1. The summed E-state index contributed by atoms with van der Waals surface area (Å²) in [6, 6.07) is 1.68. The van der Waals surface area contributed by atoms with Crippen LogP contribution in [0.5, 0.6) is 0 Å². The maximum absolute atomic E-state index is 13.0. The van der Waals surface area contributed by atoms with Crippen molar-refractivity contribution in [2.24, 2.45) is 4.99 Å². The molecular formula is C21H27N3O3S2. The molecule has 3 rings (SSSR count). The summed E-state index contributed by atoms with van der Waals surface area (Å²) in [5.41, 5.74) is 3.06. The third-order valence-corrected chi connectivity index (χ3v) is 6.53. The fraction of sp³-hybridized carbons (Fsp3) is 0.476. The number of amidine groups is 1. The summed E-state index contributed by atoms with van der Waals surface area (Å²) in [4.78, 5) is 34.2. The van der Waals surface area contributed by atoms with E-state index in [9.17, 15) is 9.59 Å². The van der Waals surface area contributed by atoms with Gasteiger partial charge in [-0.25, -0.2) is 9.79 Å². The SMILES string of the molecule is CCCN(CCC)C(=O)CC1=CSC2=NC(C)=C(C(=O)OC)C(c3ccsc3)N12. The fourth-order valence-corrected chi connectivity index (χ4v) is 5.30. The molecule has 29 heavy (non-hydrogen) atoms. The first-order valence-corrected chi connectivity index (χ1v) is 11.7. The fourth-order valence-electron chi connectivity index (χ4n) is 3.65. The normalized spacial score (nSPS) is 18.3. The second kappa shape index (κ2) is 9.63. The van der Waals surface area contributed by atoms with E-state index in [0.29, 0.717) is 17.7 Å². The van der Waals surface area contributed by atoms with E-state index in [0.717, 1.165) is 42.4 Å². The number of nitrogens with zero attached hydrogens (tertiary/aromatic N) is 3. The van der Waals surface area contributed by atoms with Gasteiger partial charge in [-0.2, -0.15) is 11.3 Å². The summed E-state index contributed by atoms with van der Waals surface area (Å²) < 4.78 is 5.06. The molecule has 2 aliphatic rings. The van der Waals surface area contributed by atoms with Crippen molar-refractivity contribution in [3.05, 3.63) is 44.8 Å². The Morgan fingerprint density at radius 3 is 2.59 bits per heavy atom. The molecule has 1 amide bonds. The number of thioether (sulfide) groups is 1. The first-order valence-electron chi connectivity index (χ1n) is 9.84. The molecule has 1 aromatic rings. The van der Waals surface area contributed by atoms with Gasteiger partial charge in [-0.3, -0.25) is 4.79 Å². The maximum Gasteiger partial charge on any atom is 0.338 e. The average molecular weight is 434 g/mol. The van der Waals surface area contributed by atoms with Crippen molar-refractivity contribution in [1.82, 2.24) is 9.80 Å². The summed E-state index contributed by atoms with van der Waals surface area (Å²) in [7, 11) is 1.39. The third-order valence-electron chi connectivity index (χ3n) is 4.94. The molecule has 0 fully saturated rings. The number of hydrogen-bond donors (Lipinski definition) is 0. The van der Waals surface area contributed by atoms with E-state index in [-0.39, 0.29) is 17.9 Å². The topological polar surface area (TPSA) is 62.2 Å². The molecule has 0 radical (unpaired) electrons. The Labute approximate surface area is 180 Å². The van der Waals surface area contributed by atoms with Crippen LogP contribution in [-0.2, 0) is 14.3 Å². The van der Waals surface area contributed by atoms with Crippen LogP contribution < -0.4 is 0 Å². The molecule has 1 atom stereocenters. The number of hydrogen-bond acceptors (Lipinski definition) is 7. The van der Waals surface area contributed by atoms with Crippen LogP contribution in [0.3, 0.4) is 0 Å². The van der Waals surface area contributed by atoms with Gasteiger partial charge in [0, 0.05) is 18.8 Å². The van der Waals surface area contributed by atoms with Crippen LogP contribution in [0.4, 0.5) is 0 Å². The first kappa shape index (κ1) is 21.6. The highest BCUT2D eigenvalue weighted by atomic mass is 32.2. The van der Waals surface area contributed by atoms with Gasteiger partial charge in [0.25, 0.3) is 0 Å². The van der Waals surface area contributed by atoms with Crippen LogP contribution in [0.2, 0.25) is 0 Å². The van der Waals surface area contributed by atoms with Crippen molar-refractivity contribution < 1.29 is 14.3 Å². The third kappa shape index (κ3) is 4.43. The van der Waals surface area contributed by atoms with Crippen LogP contribution >= 0.6 is 23.1 Å². The molecule has 1 unspecified atom stereocenters. The number of esters is 1. The summed E-state index contributed by atoms with van der Waals surface area (Å²) >= 11 is 3.08. The van der Waals surface area contributed by atoms with Crippen molar-refractivity contribution >= 4 is 40.1 Å². The van der Waals surface area contributed by atoms with Gasteiger partial charge < -0.3 is 14.5 Å². The minimum Gasteiger partial charge on any atom is -0.466 e. The van der Waals surface area contributed by atoms with E-state index >= 15 is 0 Å². The highest BCUT2D eigenvalue weighted by Crippen LogP contribution is 2.45. The quantitative estimate of drug-likeness (QED) is 0.564. The number of amides is 1. The number of ether oxygens (including phenoxy) is 1. The van der Waals surface area contributed by atoms with Crippen LogP contribution in [0.25, 0.3) is 0 Å². The lowest BCUT2D eigenvalue weighted by molar-refractivity contribution is -0.136. The van der Waals surface area contributed by atoms with E-state index in [1.807, 2.05) is 39.0 Å². The molecule has 0 saturated carbocycles. The minimum atomic E-state index is -0.386. The predicted molar refractivity (Wildman–Crippen MR) is 119 cm³/mol. The zero-order valence-electron chi connectivity index (χ0n) is 17.3. The molecule has 1 aromatic heterocycles. The Hall–Kier alpha value is -2.06. The van der Waals surface area contributed by atoms with Crippen molar-refractivity contribution in [2.75, 3.05) is 20.2 Å². The van der Waals surface area contributed by atoms with Gasteiger partial charge in [0.1, 0.15) is 0 Å². The Morgan fingerprint density at radius 1 is 1.28 bits per heavy atom. The van der Waals surface area contributed by atoms with Gasteiger partial charge >= 0.3 is 5.97 Å². The average Bonchev–Trinajstić information content (AvgIpc) is 3.36. The first-order chi connectivity index (χ1) is 14.0. The number of aliphatic imine (C=N–C) groups is 1. The van der Waals surface area contributed by atoms with Gasteiger partial charge in [0.05, 0.1) is 30.8 Å². The maximum atomic E-state index is 13.0. The Bertz CT molecular complexity index is 853. The molecule has 8 heteroatoms. The molecule has 0 spiro atoms. The van der Waals surface area contributed by atoms with E-state index in [1.54, 1.807) is 11.3 Å². The molecule has 3 heterocycles. The molecule has 0 N–H and O–H groups in total. The van der Waals surface area contributed by atoms with Crippen LogP contribution in [0.1, 0.15) is 51.6 Å². The summed E-state index contributed by atoms with van der Waals surface area (Å²) in [6.07, 6.45) is 2.16. The van der Waals surface area contributed by atoms with E-state index in [4.69, 9.17) is 4.74 Å². The summed E-state index contributed by atoms with van der Waals surface area (Å²) in [5, 5.41) is 6.81. The molecule has 156 valence electrons. The minimum absolute atomic E-state index is 0.108. The molecular weight excluding hydrogens is 406 g/mol. The lowest BCUT2D eigenvalue weighted by Gasteiger charge is -2.36. The van der Waals surface area contributed by atoms with Crippen molar-refractivity contribution in [2.45, 2.75) is 46.1 Å². The summed E-state index contributed by atoms with van der Waals surface area (Å²) in [6.45, 7) is 7.52. The number of allylic oxidation sites excluding steroid dienone is 1. The van der Waals surface area contributed by atoms with Gasteiger partial charge in [0.2, 0.25) is 5.91 Å². The number of fused-ring (bicyclic) bond motifs is 1. The lowest BCUT2D eigenvalue weighted by atomic mass is 9.96. The number of carbonyl (C=O) groups is 2. The van der Waals surface area contributed by atoms with E-state index in [2.05, 4.69) is 18.8 Å². The lowest BCUT2D eigenvalue weighted by Crippen LogP contribution is -2.39. The summed E-state index contributed by atoms with van der Waals surface area (Å²) in [5.74, 6) is -0.278. The highest BCUT2D eigenvalue weighted by Gasteiger charge is 2.41. The van der Waals surface area contributed by atoms with E-state index in [1.165, 1.54) is 18.9 Å². The molecule has 0 aliphatic carbocycles. The van der Waals surface area contributed by atoms with Crippen LogP contribution in [0.15, 0.2) is 44.2 Å². The molecule has 6 nitrogen and oxygen atoms in total. The molecule has 0 bridgehead atoms. The monoisotopic (exact) mass is 433 g/mol. The molecule has 2 aliphatic heterocycles.